The average molecular weight is 308 g/mol. The van der Waals surface area contributed by atoms with Crippen LogP contribution in [0.2, 0.25) is 0 Å². The highest BCUT2D eigenvalue weighted by molar-refractivity contribution is 7.99. The maximum Gasteiger partial charge on any atom is 0.191 e. The van der Waals surface area contributed by atoms with Crippen LogP contribution in [0.3, 0.4) is 0 Å². The van der Waals surface area contributed by atoms with Gasteiger partial charge in [0.05, 0.1) is 19.8 Å². The number of methoxy groups -OCH3 is 1. The molecule has 0 bridgehead atoms. The number of benzene rings is 1. The van der Waals surface area contributed by atoms with Crippen molar-refractivity contribution in [3.05, 3.63) is 35.7 Å². The third kappa shape index (κ3) is 3.75. The maximum absolute atomic E-state index is 10.3. The van der Waals surface area contributed by atoms with Crippen molar-refractivity contribution in [3.63, 3.8) is 0 Å². The fraction of sp³-hybridized carbons (Fsp3) is 0.429. The second-order valence-electron chi connectivity index (χ2n) is 4.45. The minimum Gasteiger partial charge on any atom is -0.497 e. The monoisotopic (exact) mass is 308 g/mol. The molecule has 7 heteroatoms. The molecule has 0 amide bonds. The van der Waals surface area contributed by atoms with E-state index in [-0.39, 0.29) is 0 Å². The molecule has 6 nitrogen and oxygen atoms in total. The highest BCUT2D eigenvalue weighted by atomic mass is 32.2. The van der Waals surface area contributed by atoms with Gasteiger partial charge in [-0.25, -0.2) is 0 Å². The molecule has 1 aromatic carbocycles. The van der Waals surface area contributed by atoms with Crippen LogP contribution in [0.4, 0.5) is 0 Å². The summed E-state index contributed by atoms with van der Waals surface area (Å²) in [5.41, 5.74) is 6.45. The van der Waals surface area contributed by atoms with Gasteiger partial charge in [0.1, 0.15) is 11.6 Å². The van der Waals surface area contributed by atoms with Crippen molar-refractivity contribution in [3.8, 4) is 5.75 Å². The van der Waals surface area contributed by atoms with Crippen LogP contribution in [0, 0.1) is 0 Å². The Hall–Kier alpha value is -1.57. The second kappa shape index (κ2) is 7.44. The Labute approximate surface area is 128 Å². The minimum absolute atomic E-state index is 0.361. The summed E-state index contributed by atoms with van der Waals surface area (Å²) >= 11 is 1.47. The summed E-state index contributed by atoms with van der Waals surface area (Å²) in [5.74, 6) is 1.99. The number of nitrogens with two attached hydrogens (primary N) is 1. The summed E-state index contributed by atoms with van der Waals surface area (Å²) in [6.45, 7) is 3.14. The van der Waals surface area contributed by atoms with E-state index in [2.05, 4.69) is 10.2 Å². The van der Waals surface area contributed by atoms with E-state index in [1.165, 1.54) is 11.8 Å². The summed E-state index contributed by atoms with van der Waals surface area (Å²) in [6, 6.07) is 7.43. The Kier molecular flexibility index (Phi) is 5.60. The highest BCUT2D eigenvalue weighted by Gasteiger charge is 2.14. The van der Waals surface area contributed by atoms with Crippen LogP contribution in [0.5, 0.6) is 5.75 Å². The van der Waals surface area contributed by atoms with Crippen LogP contribution in [0.1, 0.15) is 24.4 Å². The Bertz CT molecular complexity index is 588. The topological polar surface area (TPSA) is 86.2 Å². The number of hydrogen-bond donors (Lipinski definition) is 2. The smallest absolute Gasteiger partial charge is 0.191 e. The summed E-state index contributed by atoms with van der Waals surface area (Å²) in [5, 5.41) is 19.2. The van der Waals surface area contributed by atoms with Crippen molar-refractivity contribution in [2.45, 2.75) is 31.3 Å². The molecule has 1 heterocycles. The molecule has 1 unspecified atom stereocenters. The molecule has 0 spiro atoms. The lowest BCUT2D eigenvalue weighted by Gasteiger charge is -2.12. The van der Waals surface area contributed by atoms with E-state index in [1.54, 1.807) is 7.11 Å². The highest BCUT2D eigenvalue weighted by Crippen LogP contribution is 2.26. The quantitative estimate of drug-likeness (QED) is 0.756. The molecule has 0 aliphatic carbocycles. The number of ether oxygens (including phenoxy) is 1. The normalized spacial score (nSPS) is 12.4. The molecule has 2 rings (SSSR count). The zero-order valence-corrected chi connectivity index (χ0v) is 13.0. The predicted molar refractivity (Wildman–Crippen MR) is 82.3 cm³/mol. The lowest BCUT2D eigenvalue weighted by Crippen LogP contribution is -2.08. The largest absolute Gasteiger partial charge is 0.497 e. The van der Waals surface area contributed by atoms with Gasteiger partial charge in [-0.05, 0) is 24.6 Å². The first kappa shape index (κ1) is 15.8. The van der Waals surface area contributed by atoms with Crippen molar-refractivity contribution in [1.82, 2.24) is 14.8 Å². The van der Waals surface area contributed by atoms with E-state index in [9.17, 15) is 5.11 Å². The Balaban J connectivity index is 2.03. The number of thioether (sulfide) groups is 1. The molecule has 2 aromatic rings. The van der Waals surface area contributed by atoms with Gasteiger partial charge in [0.2, 0.25) is 0 Å². The minimum atomic E-state index is -0.589. The summed E-state index contributed by atoms with van der Waals surface area (Å²) in [4.78, 5) is 0. The van der Waals surface area contributed by atoms with E-state index in [1.807, 2.05) is 35.8 Å². The van der Waals surface area contributed by atoms with Gasteiger partial charge >= 0.3 is 0 Å². The number of aromatic nitrogens is 3. The number of aliphatic hydroxyl groups is 1. The van der Waals surface area contributed by atoms with E-state index in [4.69, 9.17) is 10.5 Å². The Morgan fingerprint density at radius 3 is 2.90 bits per heavy atom. The lowest BCUT2D eigenvalue weighted by molar-refractivity contribution is 0.203. The van der Waals surface area contributed by atoms with Gasteiger partial charge < -0.3 is 20.1 Å². The van der Waals surface area contributed by atoms with E-state index in [0.29, 0.717) is 12.3 Å². The average Bonchev–Trinajstić information content (AvgIpc) is 2.94. The summed E-state index contributed by atoms with van der Waals surface area (Å²) in [7, 11) is 1.61. The molecule has 0 aliphatic heterocycles. The van der Waals surface area contributed by atoms with Crippen molar-refractivity contribution in [1.29, 1.82) is 0 Å². The molecule has 0 saturated carbocycles. The van der Waals surface area contributed by atoms with Gasteiger partial charge in [-0.2, -0.15) is 0 Å². The van der Waals surface area contributed by atoms with Crippen LogP contribution < -0.4 is 10.5 Å². The summed E-state index contributed by atoms with van der Waals surface area (Å²) in [6.07, 6.45) is -0.589. The standard InChI is InChI=1S/C14H20N4O2S/c1-3-18-13(8-15)16-17-14(18)21-9-12(19)10-5-4-6-11(7-10)20-2/h4-7,12,19H,3,8-9,15H2,1-2H3. The van der Waals surface area contributed by atoms with Gasteiger partial charge in [0, 0.05) is 12.3 Å². The molecule has 0 aliphatic rings. The predicted octanol–water partition coefficient (Wildman–Crippen LogP) is 1.59. The molecular formula is C14H20N4O2S. The zero-order valence-electron chi connectivity index (χ0n) is 12.2. The molecule has 21 heavy (non-hydrogen) atoms. The number of nitrogens with zero attached hydrogens (tertiary/aromatic N) is 3. The van der Waals surface area contributed by atoms with Crippen molar-refractivity contribution in [2.75, 3.05) is 12.9 Å². The SMILES string of the molecule is CCn1c(CN)nnc1SCC(O)c1cccc(OC)c1. The molecule has 1 atom stereocenters. The van der Waals surface area contributed by atoms with Crippen molar-refractivity contribution >= 4 is 11.8 Å². The van der Waals surface area contributed by atoms with Crippen LogP contribution in [-0.2, 0) is 13.1 Å². The molecule has 0 saturated heterocycles. The van der Waals surface area contributed by atoms with E-state index < -0.39 is 6.10 Å². The lowest BCUT2D eigenvalue weighted by atomic mass is 10.1. The third-order valence-electron chi connectivity index (χ3n) is 3.14. The second-order valence-corrected chi connectivity index (χ2v) is 5.44. The van der Waals surface area contributed by atoms with Crippen LogP contribution >= 0.6 is 11.8 Å². The van der Waals surface area contributed by atoms with Crippen LogP contribution in [0.25, 0.3) is 0 Å². The zero-order chi connectivity index (χ0) is 15.2. The molecular weight excluding hydrogens is 288 g/mol. The van der Waals surface area contributed by atoms with Crippen molar-refractivity contribution < 1.29 is 9.84 Å². The Morgan fingerprint density at radius 1 is 1.43 bits per heavy atom. The molecule has 1 aromatic heterocycles. The van der Waals surface area contributed by atoms with E-state index >= 15 is 0 Å². The van der Waals surface area contributed by atoms with Gasteiger partial charge in [-0.15, -0.1) is 10.2 Å². The molecule has 0 fully saturated rings. The van der Waals surface area contributed by atoms with Crippen molar-refractivity contribution in [2.24, 2.45) is 5.73 Å². The fourth-order valence-electron chi connectivity index (χ4n) is 1.99. The first-order valence-electron chi connectivity index (χ1n) is 6.76. The molecule has 114 valence electrons. The number of rotatable bonds is 7. The van der Waals surface area contributed by atoms with Gasteiger partial charge in [-0.3, -0.25) is 0 Å². The first-order chi connectivity index (χ1) is 10.2. The Morgan fingerprint density at radius 2 is 2.24 bits per heavy atom. The fourth-order valence-corrected chi connectivity index (χ4v) is 2.98. The first-order valence-corrected chi connectivity index (χ1v) is 7.75. The van der Waals surface area contributed by atoms with Crippen LogP contribution in [0.15, 0.2) is 29.4 Å². The number of aliphatic hydroxyl groups excluding tert-OH is 1. The molecule has 3 N–H and O–H groups in total. The molecule has 0 radical (unpaired) electrons. The van der Waals surface area contributed by atoms with Gasteiger partial charge in [0.15, 0.2) is 5.16 Å². The van der Waals surface area contributed by atoms with Crippen LogP contribution in [-0.4, -0.2) is 32.7 Å². The third-order valence-corrected chi connectivity index (χ3v) is 4.18. The van der Waals surface area contributed by atoms with Gasteiger partial charge in [-0.1, -0.05) is 23.9 Å². The van der Waals surface area contributed by atoms with Gasteiger partial charge in [0.25, 0.3) is 0 Å². The number of hydrogen-bond acceptors (Lipinski definition) is 6. The van der Waals surface area contributed by atoms with E-state index in [0.717, 1.165) is 28.8 Å². The summed E-state index contributed by atoms with van der Waals surface area (Å²) < 4.78 is 7.13. The maximum atomic E-state index is 10.3.